The van der Waals surface area contributed by atoms with Crippen LogP contribution in [0.25, 0.3) is 0 Å². The van der Waals surface area contributed by atoms with Crippen LogP contribution in [0.5, 0.6) is 0 Å². The van der Waals surface area contributed by atoms with Crippen LogP contribution in [0.1, 0.15) is 19.8 Å². The molecule has 0 bridgehead atoms. The van der Waals surface area contributed by atoms with E-state index in [0.29, 0.717) is 0 Å². The normalized spacial score (nSPS) is 17.2. The number of unbranched alkanes of at least 4 members (excludes halogenated alkanes) is 1. The van der Waals surface area contributed by atoms with Crippen LogP contribution in [-0.2, 0) is 0 Å². The van der Waals surface area contributed by atoms with Crippen LogP contribution in [0.3, 0.4) is 0 Å². The Hall–Kier alpha value is 0.455. The van der Waals surface area contributed by atoms with Crippen molar-refractivity contribution < 1.29 is 5.11 Å². The molecule has 52 valence electrons. The van der Waals surface area contributed by atoms with E-state index in [1.165, 1.54) is 6.42 Å². The van der Waals surface area contributed by atoms with Gasteiger partial charge in [0, 0.05) is 12.8 Å². The van der Waals surface area contributed by atoms with E-state index in [1.54, 1.807) is 0 Å². The molecule has 0 heterocycles. The van der Waals surface area contributed by atoms with Gasteiger partial charge in [0.1, 0.15) is 6.35 Å². The highest BCUT2D eigenvalue weighted by molar-refractivity contribution is 7.96. The summed E-state index contributed by atoms with van der Waals surface area (Å²) in [5.41, 5.74) is 0. The minimum Gasteiger partial charge on any atom is -0.363 e. The van der Waals surface area contributed by atoms with Crippen molar-refractivity contribution >= 4 is 14.7 Å². The third-order valence-corrected chi connectivity index (χ3v) is 3.33. The molecule has 0 aliphatic carbocycles. The third kappa shape index (κ3) is 4.93. The van der Waals surface area contributed by atoms with E-state index in [2.05, 4.69) is 6.92 Å². The highest BCUT2D eigenvalue weighted by Gasteiger charge is 2.22. The molecule has 0 amide bonds. The first kappa shape index (κ1) is 9.45. The first-order valence-corrected chi connectivity index (χ1v) is 6.04. The molecule has 3 heteroatoms. The molecule has 0 aromatic rings. The molecular formula is C6H15BOP+. The fourth-order valence-corrected chi connectivity index (χ4v) is 1.77. The van der Waals surface area contributed by atoms with Gasteiger partial charge in [0.25, 0.3) is 0 Å². The van der Waals surface area contributed by atoms with Crippen molar-refractivity contribution in [3.05, 3.63) is 0 Å². The van der Waals surface area contributed by atoms with Crippen molar-refractivity contribution in [1.82, 2.24) is 0 Å². The van der Waals surface area contributed by atoms with E-state index in [4.69, 9.17) is 12.7 Å². The molecular weight excluding hydrogens is 130 g/mol. The van der Waals surface area contributed by atoms with Crippen LogP contribution in [0.15, 0.2) is 0 Å². The van der Waals surface area contributed by atoms with Crippen LogP contribution < -0.4 is 0 Å². The minimum absolute atomic E-state index is 0.201. The van der Waals surface area contributed by atoms with Crippen molar-refractivity contribution in [3.8, 4) is 0 Å². The smallest absolute Gasteiger partial charge is 0.363 e. The van der Waals surface area contributed by atoms with Crippen LogP contribution in [0.4, 0.5) is 0 Å². The standard InChI is InChI=1S/C6H15BOP/c1-3-4-5-9(2,7)6-8/h8H,3-6H2,1-2H3/q+1. The third-order valence-electron chi connectivity index (χ3n) is 1.35. The number of aliphatic hydroxyl groups is 1. The quantitative estimate of drug-likeness (QED) is 0.469. The molecule has 0 aromatic carbocycles. The average Bonchev–Trinajstić information content (AvgIpc) is 1.84. The summed E-state index contributed by atoms with van der Waals surface area (Å²) in [6, 6.07) is 0. The van der Waals surface area contributed by atoms with Gasteiger partial charge in [-0.25, -0.2) is 0 Å². The molecule has 0 fully saturated rings. The van der Waals surface area contributed by atoms with Crippen molar-refractivity contribution in [2.24, 2.45) is 0 Å². The first-order chi connectivity index (χ1) is 4.12. The number of hydrogen-bond acceptors (Lipinski definition) is 1. The van der Waals surface area contributed by atoms with Gasteiger partial charge in [0.05, 0.1) is 0 Å². The zero-order valence-corrected chi connectivity index (χ0v) is 7.19. The summed E-state index contributed by atoms with van der Waals surface area (Å²) < 4.78 is 0. The molecule has 1 nitrogen and oxygen atoms in total. The number of aliphatic hydroxyl groups excluding tert-OH is 1. The molecule has 1 unspecified atom stereocenters. The topological polar surface area (TPSA) is 20.2 Å². The maximum atomic E-state index is 8.75. The van der Waals surface area contributed by atoms with E-state index in [1.807, 2.05) is 6.66 Å². The maximum absolute atomic E-state index is 8.75. The largest absolute Gasteiger partial charge is 0.367 e. The van der Waals surface area contributed by atoms with E-state index in [9.17, 15) is 0 Å². The Balaban J connectivity index is 3.33. The molecule has 1 atom stereocenters. The van der Waals surface area contributed by atoms with Gasteiger partial charge in [-0.2, -0.15) is 0 Å². The molecule has 1 N–H and O–H groups in total. The van der Waals surface area contributed by atoms with Crippen LogP contribution >= 0.6 is 7.14 Å². The van der Waals surface area contributed by atoms with Gasteiger partial charge in [0.2, 0.25) is 0 Å². The SMILES string of the molecule is [B][P+](C)(CO)CCCC. The lowest BCUT2D eigenvalue weighted by Gasteiger charge is -2.13. The fraction of sp³-hybridized carbons (Fsp3) is 1.00. The van der Waals surface area contributed by atoms with Crippen molar-refractivity contribution in [1.29, 1.82) is 0 Å². The predicted octanol–water partition coefficient (Wildman–Crippen LogP) is 1.47. The summed E-state index contributed by atoms with van der Waals surface area (Å²) in [6.07, 6.45) is 3.56. The molecule has 0 saturated heterocycles. The fourth-order valence-electron chi connectivity index (χ4n) is 0.590. The molecule has 0 aliphatic rings. The molecule has 9 heavy (non-hydrogen) atoms. The minimum atomic E-state index is -1.38. The molecule has 0 aliphatic heterocycles. The summed E-state index contributed by atoms with van der Waals surface area (Å²) in [6.45, 7) is 4.13. The Morgan fingerprint density at radius 1 is 1.56 bits per heavy atom. The van der Waals surface area contributed by atoms with E-state index < -0.39 is 7.14 Å². The van der Waals surface area contributed by atoms with E-state index in [-0.39, 0.29) is 6.35 Å². The van der Waals surface area contributed by atoms with Gasteiger partial charge in [-0.1, -0.05) is 13.3 Å². The van der Waals surface area contributed by atoms with Crippen molar-refractivity contribution in [2.75, 3.05) is 19.2 Å². The van der Waals surface area contributed by atoms with Crippen LogP contribution in [0, 0.1) is 0 Å². The lowest BCUT2D eigenvalue weighted by atomic mass is 10.4. The zero-order chi connectivity index (χ0) is 7.33. The Morgan fingerprint density at radius 3 is 2.44 bits per heavy atom. The molecule has 2 radical (unpaired) electrons. The van der Waals surface area contributed by atoms with Gasteiger partial charge >= 0.3 is 7.57 Å². The van der Waals surface area contributed by atoms with Gasteiger partial charge < -0.3 is 5.11 Å². The van der Waals surface area contributed by atoms with Gasteiger partial charge in [-0.05, 0) is 13.6 Å². The van der Waals surface area contributed by atoms with Crippen molar-refractivity contribution in [2.45, 2.75) is 19.8 Å². The Kier molecular flexibility index (Phi) is 4.52. The van der Waals surface area contributed by atoms with Crippen LogP contribution in [-0.4, -0.2) is 31.8 Å². The summed E-state index contributed by atoms with van der Waals surface area (Å²) >= 11 is 0. The Bertz CT molecular complexity index is 75.5. The molecule has 0 saturated carbocycles. The molecule has 0 rings (SSSR count). The zero-order valence-electron chi connectivity index (χ0n) is 6.30. The first-order valence-electron chi connectivity index (χ1n) is 3.36. The highest BCUT2D eigenvalue weighted by Crippen LogP contribution is 2.48. The van der Waals surface area contributed by atoms with Crippen LogP contribution in [0.2, 0.25) is 0 Å². The van der Waals surface area contributed by atoms with Crippen molar-refractivity contribution in [3.63, 3.8) is 0 Å². The summed E-state index contributed by atoms with van der Waals surface area (Å²) in [7, 11) is 4.38. The second kappa shape index (κ2) is 4.30. The number of hydrogen-bond donors (Lipinski definition) is 1. The van der Waals surface area contributed by atoms with E-state index >= 15 is 0 Å². The summed E-state index contributed by atoms with van der Waals surface area (Å²) in [5.74, 6) is 0. The Morgan fingerprint density at radius 2 is 2.11 bits per heavy atom. The number of rotatable bonds is 4. The Labute approximate surface area is 59.6 Å². The van der Waals surface area contributed by atoms with E-state index in [0.717, 1.165) is 12.6 Å². The second-order valence-corrected chi connectivity index (χ2v) is 6.39. The summed E-state index contributed by atoms with van der Waals surface area (Å²) in [4.78, 5) is 0. The predicted molar refractivity (Wildman–Crippen MR) is 45.5 cm³/mol. The van der Waals surface area contributed by atoms with Gasteiger partial charge in [-0.15, -0.1) is 0 Å². The van der Waals surface area contributed by atoms with Gasteiger partial charge in [-0.3, -0.25) is 0 Å². The lowest BCUT2D eigenvalue weighted by Crippen LogP contribution is -2.00. The van der Waals surface area contributed by atoms with Gasteiger partial charge in [0.15, 0.2) is 0 Å². The average molecular weight is 145 g/mol. The summed E-state index contributed by atoms with van der Waals surface area (Å²) in [5, 5.41) is 8.75. The molecule has 0 spiro atoms. The highest BCUT2D eigenvalue weighted by atomic mass is 31.2. The lowest BCUT2D eigenvalue weighted by molar-refractivity contribution is 0.369. The maximum Gasteiger partial charge on any atom is 0.367 e. The second-order valence-electron chi connectivity index (χ2n) is 2.70. The molecule has 0 aromatic heterocycles. The monoisotopic (exact) mass is 145 g/mol.